The van der Waals surface area contributed by atoms with E-state index < -0.39 is 0 Å². The zero-order valence-electron chi connectivity index (χ0n) is 11.4. The number of aryl methyl sites for hydroxylation is 1. The van der Waals surface area contributed by atoms with Crippen LogP contribution in [0.2, 0.25) is 0 Å². The summed E-state index contributed by atoms with van der Waals surface area (Å²) in [5.74, 6) is -0.167. The quantitative estimate of drug-likeness (QED) is 0.824. The standard InChI is InChI=1S/C14H21N3O2/c1-2-12-9-11(10-13(18)16-12)14(19)15-5-8-17-6-3-4-7-17/h9-10H,2-8H2,1H3,(H,15,19)(H,16,18). The zero-order valence-corrected chi connectivity index (χ0v) is 11.4. The SMILES string of the molecule is CCc1cc(C(=O)NCCN2CCCC2)cc(=O)[nH]1. The average Bonchev–Trinajstić information content (AvgIpc) is 2.91. The summed E-state index contributed by atoms with van der Waals surface area (Å²) in [6.07, 6.45) is 3.22. The first-order valence-corrected chi connectivity index (χ1v) is 6.93. The van der Waals surface area contributed by atoms with Crippen molar-refractivity contribution in [3.8, 4) is 0 Å². The van der Waals surface area contributed by atoms with Crippen molar-refractivity contribution in [3.63, 3.8) is 0 Å². The number of nitrogens with zero attached hydrogens (tertiary/aromatic N) is 1. The monoisotopic (exact) mass is 263 g/mol. The topological polar surface area (TPSA) is 65.2 Å². The highest BCUT2D eigenvalue weighted by Crippen LogP contribution is 2.05. The molecule has 1 aromatic rings. The van der Waals surface area contributed by atoms with Gasteiger partial charge in [0.25, 0.3) is 5.91 Å². The van der Waals surface area contributed by atoms with Gasteiger partial charge in [-0.15, -0.1) is 0 Å². The third kappa shape index (κ3) is 3.92. The van der Waals surface area contributed by atoms with Crippen molar-refractivity contribution in [2.24, 2.45) is 0 Å². The van der Waals surface area contributed by atoms with Gasteiger partial charge >= 0.3 is 0 Å². The van der Waals surface area contributed by atoms with Crippen LogP contribution in [0.4, 0.5) is 0 Å². The third-order valence-corrected chi connectivity index (χ3v) is 3.46. The Balaban J connectivity index is 1.88. The van der Waals surface area contributed by atoms with Gasteiger partial charge in [-0.2, -0.15) is 0 Å². The molecule has 0 aliphatic carbocycles. The first kappa shape index (κ1) is 13.8. The van der Waals surface area contributed by atoms with E-state index in [1.165, 1.54) is 18.9 Å². The van der Waals surface area contributed by atoms with Gasteiger partial charge in [0.2, 0.25) is 5.56 Å². The number of pyridine rings is 1. The second kappa shape index (κ2) is 6.52. The van der Waals surface area contributed by atoms with Gasteiger partial charge in [0, 0.05) is 30.4 Å². The summed E-state index contributed by atoms with van der Waals surface area (Å²) in [4.78, 5) is 28.4. The molecule has 0 saturated carbocycles. The summed E-state index contributed by atoms with van der Waals surface area (Å²) >= 11 is 0. The van der Waals surface area contributed by atoms with Crippen molar-refractivity contribution in [2.75, 3.05) is 26.2 Å². The second-order valence-corrected chi connectivity index (χ2v) is 4.92. The van der Waals surface area contributed by atoms with E-state index in [0.29, 0.717) is 18.5 Å². The summed E-state index contributed by atoms with van der Waals surface area (Å²) in [6.45, 7) is 5.71. The lowest BCUT2D eigenvalue weighted by molar-refractivity contribution is 0.0949. The molecule has 0 unspecified atom stereocenters. The molecule has 1 saturated heterocycles. The summed E-state index contributed by atoms with van der Waals surface area (Å²) in [6, 6.07) is 3.09. The number of carbonyl (C=O) groups is 1. The van der Waals surface area contributed by atoms with Gasteiger partial charge in [0.1, 0.15) is 0 Å². The van der Waals surface area contributed by atoms with Gasteiger partial charge in [-0.1, -0.05) is 6.92 Å². The molecule has 0 aromatic carbocycles. The Kier molecular flexibility index (Phi) is 4.74. The minimum atomic E-state index is -0.218. The fourth-order valence-electron chi connectivity index (χ4n) is 2.36. The Bertz CT molecular complexity index is 490. The molecule has 2 rings (SSSR count). The smallest absolute Gasteiger partial charge is 0.251 e. The number of aromatic amines is 1. The molecule has 104 valence electrons. The van der Waals surface area contributed by atoms with Crippen LogP contribution in [0, 0.1) is 0 Å². The molecule has 5 nitrogen and oxygen atoms in total. The van der Waals surface area contributed by atoms with Gasteiger partial charge in [-0.3, -0.25) is 9.59 Å². The van der Waals surface area contributed by atoms with Gasteiger partial charge < -0.3 is 15.2 Å². The molecular formula is C14H21N3O2. The Morgan fingerprint density at radius 1 is 1.37 bits per heavy atom. The maximum Gasteiger partial charge on any atom is 0.251 e. The number of H-pyrrole nitrogens is 1. The molecule has 1 aliphatic heterocycles. The predicted molar refractivity (Wildman–Crippen MR) is 74.4 cm³/mol. The molecule has 0 radical (unpaired) electrons. The van der Waals surface area contributed by atoms with Gasteiger partial charge in [-0.05, 0) is 38.4 Å². The van der Waals surface area contributed by atoms with Crippen LogP contribution in [0.5, 0.6) is 0 Å². The molecule has 1 fully saturated rings. The van der Waals surface area contributed by atoms with Crippen LogP contribution in [-0.2, 0) is 6.42 Å². The van der Waals surface area contributed by atoms with E-state index in [0.717, 1.165) is 25.3 Å². The number of hydrogen-bond acceptors (Lipinski definition) is 3. The lowest BCUT2D eigenvalue weighted by Gasteiger charge is -2.14. The number of hydrogen-bond donors (Lipinski definition) is 2. The Labute approximate surface area is 113 Å². The zero-order chi connectivity index (χ0) is 13.7. The largest absolute Gasteiger partial charge is 0.351 e. The predicted octanol–water partition coefficient (Wildman–Crippen LogP) is 0.763. The Hall–Kier alpha value is -1.62. The molecule has 2 N–H and O–H groups in total. The van der Waals surface area contributed by atoms with Crippen molar-refractivity contribution >= 4 is 5.91 Å². The number of rotatable bonds is 5. The Morgan fingerprint density at radius 2 is 2.11 bits per heavy atom. The lowest BCUT2D eigenvalue weighted by Crippen LogP contribution is -2.34. The molecule has 5 heteroatoms. The Morgan fingerprint density at radius 3 is 2.79 bits per heavy atom. The normalized spacial score (nSPS) is 15.6. The van der Waals surface area contributed by atoms with Crippen LogP contribution in [0.1, 0.15) is 35.8 Å². The minimum Gasteiger partial charge on any atom is -0.351 e. The molecular weight excluding hydrogens is 242 g/mol. The van der Waals surface area contributed by atoms with Crippen molar-refractivity contribution < 1.29 is 4.79 Å². The molecule has 1 aromatic heterocycles. The second-order valence-electron chi connectivity index (χ2n) is 4.92. The summed E-state index contributed by atoms with van der Waals surface area (Å²) in [7, 11) is 0. The van der Waals surface area contributed by atoms with Crippen molar-refractivity contribution in [2.45, 2.75) is 26.2 Å². The van der Waals surface area contributed by atoms with Crippen molar-refractivity contribution in [1.29, 1.82) is 0 Å². The van der Waals surface area contributed by atoms with E-state index >= 15 is 0 Å². The van der Waals surface area contributed by atoms with E-state index in [2.05, 4.69) is 15.2 Å². The van der Waals surface area contributed by atoms with E-state index in [1.54, 1.807) is 6.07 Å². The molecule has 1 aliphatic rings. The first-order chi connectivity index (χ1) is 9.19. The molecule has 0 atom stereocenters. The maximum atomic E-state index is 12.0. The van der Waals surface area contributed by atoms with Gasteiger partial charge in [0.15, 0.2) is 0 Å². The molecule has 0 spiro atoms. The van der Waals surface area contributed by atoms with Crippen LogP contribution in [0.15, 0.2) is 16.9 Å². The van der Waals surface area contributed by atoms with Crippen molar-refractivity contribution in [3.05, 3.63) is 33.7 Å². The number of amides is 1. The molecule has 2 heterocycles. The summed E-state index contributed by atoms with van der Waals surface area (Å²) in [5, 5.41) is 2.87. The van der Waals surface area contributed by atoms with Crippen LogP contribution in [-0.4, -0.2) is 42.0 Å². The lowest BCUT2D eigenvalue weighted by atomic mass is 10.2. The van der Waals surface area contributed by atoms with Gasteiger partial charge in [-0.25, -0.2) is 0 Å². The van der Waals surface area contributed by atoms with Crippen LogP contribution >= 0.6 is 0 Å². The van der Waals surface area contributed by atoms with Crippen molar-refractivity contribution in [1.82, 2.24) is 15.2 Å². The summed E-state index contributed by atoms with van der Waals surface area (Å²) < 4.78 is 0. The minimum absolute atomic E-state index is 0.167. The number of likely N-dealkylation sites (tertiary alicyclic amines) is 1. The molecule has 1 amide bonds. The van der Waals surface area contributed by atoms with Crippen LogP contribution in [0.3, 0.4) is 0 Å². The molecule has 0 bridgehead atoms. The third-order valence-electron chi connectivity index (χ3n) is 3.46. The fraction of sp³-hybridized carbons (Fsp3) is 0.571. The average molecular weight is 263 g/mol. The first-order valence-electron chi connectivity index (χ1n) is 6.93. The number of nitrogens with one attached hydrogen (secondary N) is 2. The fourth-order valence-corrected chi connectivity index (χ4v) is 2.36. The number of aromatic nitrogens is 1. The van der Waals surface area contributed by atoms with Crippen LogP contribution < -0.4 is 10.9 Å². The van der Waals surface area contributed by atoms with E-state index in [-0.39, 0.29) is 11.5 Å². The highest BCUT2D eigenvalue weighted by atomic mass is 16.2. The molecule has 19 heavy (non-hydrogen) atoms. The number of carbonyl (C=O) groups excluding carboxylic acids is 1. The van der Waals surface area contributed by atoms with Gasteiger partial charge in [0.05, 0.1) is 0 Å². The summed E-state index contributed by atoms with van der Waals surface area (Å²) in [5.41, 5.74) is 1.02. The highest BCUT2D eigenvalue weighted by Gasteiger charge is 2.12. The van der Waals surface area contributed by atoms with Crippen LogP contribution in [0.25, 0.3) is 0 Å². The van der Waals surface area contributed by atoms with E-state index in [9.17, 15) is 9.59 Å². The highest BCUT2D eigenvalue weighted by molar-refractivity contribution is 5.94. The maximum absolute atomic E-state index is 12.0. The van der Waals surface area contributed by atoms with E-state index in [4.69, 9.17) is 0 Å². The van der Waals surface area contributed by atoms with E-state index in [1.807, 2.05) is 6.92 Å².